The lowest BCUT2D eigenvalue weighted by Gasteiger charge is -2.19. The van der Waals surface area contributed by atoms with E-state index >= 15 is 0 Å². The molecule has 0 radical (unpaired) electrons. The molecule has 1 atom stereocenters. The Hall–Kier alpha value is -2.56. The molecule has 110 valence electrons. The van der Waals surface area contributed by atoms with Crippen molar-refractivity contribution in [1.82, 2.24) is 4.98 Å². The Bertz CT molecular complexity index is 584. The first-order chi connectivity index (χ1) is 10.1. The predicted octanol–water partition coefficient (Wildman–Crippen LogP) is 2.79. The number of pyridine rings is 1. The molecule has 0 N–H and O–H groups in total. The Morgan fingerprint density at radius 2 is 1.90 bits per heavy atom. The molecule has 0 aliphatic carbocycles. The number of carbonyl (C=O) groups excluding carboxylic acids is 1. The van der Waals surface area contributed by atoms with E-state index in [1.807, 2.05) is 54.4 Å². The number of ether oxygens (including phenoxy) is 2. The zero-order valence-electron chi connectivity index (χ0n) is 12.3. The second kappa shape index (κ2) is 6.74. The van der Waals surface area contributed by atoms with Gasteiger partial charge in [-0.2, -0.15) is 0 Å². The monoisotopic (exact) mass is 286 g/mol. The van der Waals surface area contributed by atoms with Crippen molar-refractivity contribution < 1.29 is 14.3 Å². The molecule has 1 heterocycles. The van der Waals surface area contributed by atoms with E-state index in [4.69, 9.17) is 4.74 Å². The fourth-order valence-electron chi connectivity index (χ4n) is 1.85. The van der Waals surface area contributed by atoms with Crippen molar-refractivity contribution in [3.63, 3.8) is 0 Å². The van der Waals surface area contributed by atoms with E-state index < -0.39 is 12.1 Å². The highest BCUT2D eigenvalue weighted by molar-refractivity contribution is 5.74. The minimum absolute atomic E-state index is 0.398. The van der Waals surface area contributed by atoms with E-state index in [-0.39, 0.29) is 0 Å². The minimum Gasteiger partial charge on any atom is -0.479 e. The van der Waals surface area contributed by atoms with Crippen LogP contribution in [0.25, 0.3) is 0 Å². The third-order valence-electron chi connectivity index (χ3n) is 3.06. The molecule has 0 bridgehead atoms. The van der Waals surface area contributed by atoms with Crippen LogP contribution in [0.4, 0.5) is 11.5 Å². The summed E-state index contributed by atoms with van der Waals surface area (Å²) in [5.74, 6) is 1.07. The van der Waals surface area contributed by atoms with Crippen molar-refractivity contribution in [3.05, 3.63) is 48.7 Å². The van der Waals surface area contributed by atoms with Crippen LogP contribution in [0.3, 0.4) is 0 Å². The van der Waals surface area contributed by atoms with Crippen LogP contribution >= 0.6 is 0 Å². The first kappa shape index (κ1) is 14.8. The maximum Gasteiger partial charge on any atom is 0.346 e. The van der Waals surface area contributed by atoms with Gasteiger partial charge in [0.05, 0.1) is 7.11 Å². The second-order valence-corrected chi connectivity index (χ2v) is 4.52. The van der Waals surface area contributed by atoms with Crippen molar-refractivity contribution in [3.8, 4) is 5.75 Å². The highest BCUT2D eigenvalue weighted by Crippen LogP contribution is 2.24. The van der Waals surface area contributed by atoms with Gasteiger partial charge < -0.3 is 14.4 Å². The van der Waals surface area contributed by atoms with Crippen LogP contribution in [0, 0.1) is 0 Å². The smallest absolute Gasteiger partial charge is 0.346 e. The van der Waals surface area contributed by atoms with Gasteiger partial charge in [0.2, 0.25) is 0 Å². The zero-order chi connectivity index (χ0) is 15.2. The van der Waals surface area contributed by atoms with E-state index in [2.05, 4.69) is 9.72 Å². The lowest BCUT2D eigenvalue weighted by atomic mass is 10.2. The number of anilines is 2. The van der Waals surface area contributed by atoms with Crippen LogP contribution in [0.1, 0.15) is 6.92 Å². The lowest BCUT2D eigenvalue weighted by molar-refractivity contribution is -0.147. The summed E-state index contributed by atoms with van der Waals surface area (Å²) in [6, 6.07) is 13.2. The summed E-state index contributed by atoms with van der Waals surface area (Å²) < 4.78 is 10.1. The average molecular weight is 286 g/mol. The van der Waals surface area contributed by atoms with Crippen molar-refractivity contribution in [1.29, 1.82) is 0 Å². The molecule has 0 aliphatic rings. The van der Waals surface area contributed by atoms with Gasteiger partial charge in [0.25, 0.3) is 0 Å². The normalized spacial score (nSPS) is 11.6. The Labute approximate surface area is 124 Å². The molecule has 2 aromatic rings. The number of rotatable bonds is 5. The topological polar surface area (TPSA) is 51.7 Å². The zero-order valence-corrected chi connectivity index (χ0v) is 12.3. The van der Waals surface area contributed by atoms with Gasteiger partial charge in [0.15, 0.2) is 6.10 Å². The van der Waals surface area contributed by atoms with Gasteiger partial charge in [-0.15, -0.1) is 0 Å². The maximum atomic E-state index is 11.3. The molecular weight excluding hydrogens is 268 g/mol. The number of nitrogens with zero attached hydrogens (tertiary/aromatic N) is 2. The highest BCUT2D eigenvalue weighted by atomic mass is 16.6. The van der Waals surface area contributed by atoms with Crippen molar-refractivity contribution in [2.75, 3.05) is 19.1 Å². The average Bonchev–Trinajstić information content (AvgIpc) is 2.55. The van der Waals surface area contributed by atoms with Crippen LogP contribution in [0.2, 0.25) is 0 Å². The van der Waals surface area contributed by atoms with Gasteiger partial charge in [0, 0.05) is 18.9 Å². The van der Waals surface area contributed by atoms with E-state index in [9.17, 15) is 4.79 Å². The number of esters is 1. The highest BCUT2D eigenvalue weighted by Gasteiger charge is 2.14. The number of benzene rings is 1. The summed E-state index contributed by atoms with van der Waals surface area (Å²) in [4.78, 5) is 17.6. The second-order valence-electron chi connectivity index (χ2n) is 4.52. The molecule has 5 nitrogen and oxygen atoms in total. The minimum atomic E-state index is -0.630. The van der Waals surface area contributed by atoms with Gasteiger partial charge in [-0.25, -0.2) is 9.78 Å². The molecule has 21 heavy (non-hydrogen) atoms. The molecule has 0 saturated heterocycles. The Kier molecular flexibility index (Phi) is 4.77. The van der Waals surface area contributed by atoms with Gasteiger partial charge in [-0.1, -0.05) is 6.07 Å². The van der Waals surface area contributed by atoms with E-state index in [0.717, 1.165) is 11.5 Å². The van der Waals surface area contributed by atoms with Crippen molar-refractivity contribution in [2.45, 2.75) is 13.0 Å². The molecule has 5 heteroatoms. The lowest BCUT2D eigenvalue weighted by Crippen LogP contribution is -2.24. The summed E-state index contributed by atoms with van der Waals surface area (Å²) in [5, 5.41) is 0. The largest absolute Gasteiger partial charge is 0.479 e. The SMILES string of the molecule is COC(=O)C(C)Oc1ccc(N(C)c2ccccn2)cc1. The Morgan fingerprint density at radius 1 is 1.19 bits per heavy atom. The molecule has 0 fully saturated rings. The summed E-state index contributed by atoms with van der Waals surface area (Å²) in [6.07, 6.45) is 1.12. The summed E-state index contributed by atoms with van der Waals surface area (Å²) >= 11 is 0. The maximum absolute atomic E-state index is 11.3. The number of methoxy groups -OCH3 is 1. The molecule has 1 unspecified atom stereocenters. The van der Waals surface area contributed by atoms with Gasteiger partial charge in [0.1, 0.15) is 11.6 Å². The van der Waals surface area contributed by atoms with Gasteiger partial charge >= 0.3 is 5.97 Å². The van der Waals surface area contributed by atoms with Crippen LogP contribution in [0.15, 0.2) is 48.7 Å². The van der Waals surface area contributed by atoms with Gasteiger partial charge in [-0.3, -0.25) is 0 Å². The first-order valence-corrected chi connectivity index (χ1v) is 6.61. The summed E-state index contributed by atoms with van der Waals surface area (Å²) in [7, 11) is 3.28. The van der Waals surface area contributed by atoms with E-state index in [0.29, 0.717) is 5.75 Å². The number of hydrogen-bond acceptors (Lipinski definition) is 5. The van der Waals surface area contributed by atoms with E-state index in [1.165, 1.54) is 7.11 Å². The molecule has 0 aliphatic heterocycles. The molecule has 1 aromatic heterocycles. The van der Waals surface area contributed by atoms with Gasteiger partial charge in [-0.05, 0) is 43.3 Å². The predicted molar refractivity (Wildman–Crippen MR) is 80.8 cm³/mol. The Balaban J connectivity index is 2.07. The summed E-state index contributed by atoms with van der Waals surface area (Å²) in [5.41, 5.74) is 0.978. The van der Waals surface area contributed by atoms with Crippen molar-refractivity contribution >= 4 is 17.5 Å². The molecular formula is C16H18N2O3. The molecule has 0 spiro atoms. The molecule has 0 amide bonds. The fraction of sp³-hybridized carbons (Fsp3) is 0.250. The Morgan fingerprint density at radius 3 is 2.48 bits per heavy atom. The molecule has 0 saturated carbocycles. The third-order valence-corrected chi connectivity index (χ3v) is 3.06. The standard InChI is InChI=1S/C16H18N2O3/c1-12(16(19)20-3)21-14-9-7-13(8-10-14)18(2)15-6-4-5-11-17-15/h4-12H,1-3H3. The van der Waals surface area contributed by atoms with E-state index in [1.54, 1.807) is 13.1 Å². The van der Waals surface area contributed by atoms with Crippen LogP contribution in [-0.4, -0.2) is 31.2 Å². The first-order valence-electron chi connectivity index (χ1n) is 6.61. The van der Waals surface area contributed by atoms with Crippen LogP contribution < -0.4 is 9.64 Å². The number of carbonyl (C=O) groups is 1. The number of aromatic nitrogens is 1. The third kappa shape index (κ3) is 3.72. The summed E-state index contributed by atoms with van der Waals surface area (Å²) in [6.45, 7) is 1.65. The van der Waals surface area contributed by atoms with Crippen molar-refractivity contribution in [2.24, 2.45) is 0 Å². The quantitative estimate of drug-likeness (QED) is 0.791. The fourth-order valence-corrected chi connectivity index (χ4v) is 1.85. The number of hydrogen-bond donors (Lipinski definition) is 0. The van der Waals surface area contributed by atoms with Crippen LogP contribution in [0.5, 0.6) is 5.75 Å². The van der Waals surface area contributed by atoms with Crippen LogP contribution in [-0.2, 0) is 9.53 Å². The molecule has 2 rings (SSSR count). The molecule has 1 aromatic carbocycles.